The molecule has 5 nitrogen and oxygen atoms in total. The van der Waals surface area contributed by atoms with Crippen LogP contribution < -0.4 is 9.64 Å². The number of hydrogen-bond donors (Lipinski definition) is 0. The molecule has 1 heterocycles. The first-order valence-corrected chi connectivity index (χ1v) is 11.7. The summed E-state index contributed by atoms with van der Waals surface area (Å²) in [5.41, 5.74) is 1.53. The fourth-order valence-corrected chi connectivity index (χ4v) is 4.69. The third-order valence-electron chi connectivity index (χ3n) is 4.47. The third-order valence-corrected chi connectivity index (χ3v) is 6.31. The molecule has 7 heteroatoms. The van der Waals surface area contributed by atoms with Crippen molar-refractivity contribution in [2.45, 2.75) is 18.2 Å². The van der Waals surface area contributed by atoms with Crippen LogP contribution in [0.2, 0.25) is 0 Å². The van der Waals surface area contributed by atoms with E-state index in [2.05, 4.69) is 4.90 Å². The number of carbonyl (C=O) groups is 1. The smallest absolute Gasteiger partial charge is 0.261 e. The highest BCUT2D eigenvalue weighted by Crippen LogP contribution is 2.35. The first-order valence-electron chi connectivity index (χ1n) is 9.67. The minimum absolute atomic E-state index is 0.00859. The van der Waals surface area contributed by atoms with E-state index in [0.717, 1.165) is 33.8 Å². The number of thiazole rings is 1. The predicted octanol–water partition coefficient (Wildman–Crippen LogP) is 5.02. The summed E-state index contributed by atoms with van der Waals surface area (Å²) in [4.78, 5) is 23.3. The molecule has 1 aromatic heterocycles. The van der Waals surface area contributed by atoms with Crippen LogP contribution in [-0.4, -0.2) is 55.8 Å². The largest absolute Gasteiger partial charge is 0.492 e. The molecule has 3 rings (SSSR count). The SMILES string of the molecule is CCOc1cccc2sc(N(CCCN(C)C)C(=O)c3ccccc3SC)nc12. The van der Waals surface area contributed by atoms with Crippen molar-refractivity contribution in [2.24, 2.45) is 0 Å². The van der Waals surface area contributed by atoms with Gasteiger partial charge < -0.3 is 9.64 Å². The highest BCUT2D eigenvalue weighted by molar-refractivity contribution is 7.98. The van der Waals surface area contributed by atoms with E-state index in [1.165, 1.54) is 11.3 Å². The van der Waals surface area contributed by atoms with Crippen LogP contribution in [0.1, 0.15) is 23.7 Å². The quantitative estimate of drug-likeness (QED) is 0.447. The van der Waals surface area contributed by atoms with Crippen molar-refractivity contribution in [1.82, 2.24) is 9.88 Å². The Morgan fingerprint density at radius 1 is 1.14 bits per heavy atom. The van der Waals surface area contributed by atoms with Crippen molar-refractivity contribution in [3.05, 3.63) is 48.0 Å². The van der Waals surface area contributed by atoms with Gasteiger partial charge in [0.25, 0.3) is 5.91 Å². The van der Waals surface area contributed by atoms with Gasteiger partial charge in [0.1, 0.15) is 11.3 Å². The van der Waals surface area contributed by atoms with Gasteiger partial charge in [0.05, 0.1) is 16.9 Å². The maximum atomic E-state index is 13.5. The summed E-state index contributed by atoms with van der Waals surface area (Å²) in [6.07, 6.45) is 2.86. The second-order valence-corrected chi connectivity index (χ2v) is 8.70. The number of rotatable bonds is 9. The zero-order chi connectivity index (χ0) is 20.8. The summed E-state index contributed by atoms with van der Waals surface area (Å²) < 4.78 is 6.76. The van der Waals surface area contributed by atoms with Crippen molar-refractivity contribution < 1.29 is 9.53 Å². The number of amides is 1. The standard InChI is InChI=1S/C22H27N3O2S2/c1-5-27-17-11-8-13-19-20(17)23-22(29-19)25(15-9-14-24(2)3)21(26)16-10-6-7-12-18(16)28-4/h6-8,10-13H,5,9,14-15H2,1-4H3. The normalized spacial score (nSPS) is 11.2. The summed E-state index contributed by atoms with van der Waals surface area (Å²) in [5.74, 6) is 0.753. The Kier molecular flexibility index (Phi) is 7.52. The molecule has 0 unspecified atom stereocenters. The van der Waals surface area contributed by atoms with Crippen LogP contribution in [0.15, 0.2) is 47.4 Å². The van der Waals surface area contributed by atoms with Crippen LogP contribution in [0.4, 0.5) is 5.13 Å². The first kappa shape index (κ1) is 21.6. The van der Waals surface area contributed by atoms with E-state index in [9.17, 15) is 4.79 Å². The number of nitrogens with zero attached hydrogens (tertiary/aromatic N) is 3. The molecule has 0 radical (unpaired) electrons. The molecule has 3 aromatic rings. The molecule has 0 spiro atoms. The van der Waals surface area contributed by atoms with Crippen LogP contribution in [-0.2, 0) is 0 Å². The number of anilines is 1. The molecule has 2 aromatic carbocycles. The number of thioether (sulfide) groups is 1. The monoisotopic (exact) mass is 429 g/mol. The molecule has 0 saturated carbocycles. The second-order valence-electron chi connectivity index (χ2n) is 6.85. The molecule has 0 aliphatic carbocycles. The zero-order valence-electron chi connectivity index (χ0n) is 17.3. The van der Waals surface area contributed by atoms with Gasteiger partial charge in [0.2, 0.25) is 0 Å². The van der Waals surface area contributed by atoms with E-state index >= 15 is 0 Å². The highest BCUT2D eigenvalue weighted by atomic mass is 32.2. The molecule has 0 fully saturated rings. The van der Waals surface area contributed by atoms with Gasteiger partial charge in [-0.25, -0.2) is 4.98 Å². The van der Waals surface area contributed by atoms with Gasteiger partial charge in [-0.2, -0.15) is 0 Å². The Morgan fingerprint density at radius 3 is 2.66 bits per heavy atom. The second kappa shape index (κ2) is 10.1. The molecule has 0 aliphatic heterocycles. The Bertz CT molecular complexity index is 972. The van der Waals surface area contributed by atoms with Gasteiger partial charge >= 0.3 is 0 Å². The van der Waals surface area contributed by atoms with Crippen LogP contribution in [0.25, 0.3) is 10.2 Å². The molecule has 0 aliphatic rings. The summed E-state index contributed by atoms with van der Waals surface area (Å²) >= 11 is 3.12. The van der Waals surface area contributed by atoms with Gasteiger partial charge in [0, 0.05) is 11.4 Å². The van der Waals surface area contributed by atoms with E-state index in [1.807, 2.05) is 74.6 Å². The number of hydrogen-bond acceptors (Lipinski definition) is 6. The third kappa shape index (κ3) is 5.10. The number of fused-ring (bicyclic) bond motifs is 1. The summed E-state index contributed by atoms with van der Waals surface area (Å²) in [7, 11) is 4.09. The highest BCUT2D eigenvalue weighted by Gasteiger charge is 2.23. The van der Waals surface area contributed by atoms with Crippen LogP contribution in [0, 0.1) is 0 Å². The van der Waals surface area contributed by atoms with Crippen molar-refractivity contribution in [3.63, 3.8) is 0 Å². The Hall–Kier alpha value is -2.09. The molecule has 0 atom stereocenters. The maximum absolute atomic E-state index is 13.5. The lowest BCUT2D eigenvalue weighted by molar-refractivity contribution is 0.0983. The zero-order valence-corrected chi connectivity index (χ0v) is 19.0. The lowest BCUT2D eigenvalue weighted by atomic mass is 10.2. The Morgan fingerprint density at radius 2 is 1.93 bits per heavy atom. The van der Waals surface area contributed by atoms with Gasteiger partial charge in [-0.1, -0.05) is 29.5 Å². The lowest BCUT2D eigenvalue weighted by Crippen LogP contribution is -2.33. The van der Waals surface area contributed by atoms with Crippen molar-refractivity contribution >= 4 is 44.4 Å². The van der Waals surface area contributed by atoms with Gasteiger partial charge in [0.15, 0.2) is 5.13 Å². The first-order chi connectivity index (χ1) is 14.0. The van der Waals surface area contributed by atoms with E-state index in [4.69, 9.17) is 9.72 Å². The predicted molar refractivity (Wildman–Crippen MR) is 124 cm³/mol. The van der Waals surface area contributed by atoms with Crippen LogP contribution in [0.5, 0.6) is 5.75 Å². The minimum atomic E-state index is -0.00859. The van der Waals surface area contributed by atoms with Crippen molar-refractivity contribution in [2.75, 3.05) is 44.9 Å². The number of para-hydroxylation sites is 1. The summed E-state index contributed by atoms with van der Waals surface area (Å²) in [5, 5.41) is 0.715. The van der Waals surface area contributed by atoms with E-state index in [0.29, 0.717) is 23.8 Å². The van der Waals surface area contributed by atoms with Crippen molar-refractivity contribution in [3.8, 4) is 5.75 Å². The maximum Gasteiger partial charge on any atom is 0.261 e. The Balaban J connectivity index is 2.00. The lowest BCUT2D eigenvalue weighted by Gasteiger charge is -2.22. The number of ether oxygens (including phenoxy) is 1. The van der Waals surface area contributed by atoms with Gasteiger partial charge in [-0.3, -0.25) is 9.69 Å². The van der Waals surface area contributed by atoms with Crippen LogP contribution in [0.3, 0.4) is 0 Å². The van der Waals surface area contributed by atoms with Crippen molar-refractivity contribution in [1.29, 1.82) is 0 Å². The molecule has 1 amide bonds. The molecule has 29 heavy (non-hydrogen) atoms. The fraction of sp³-hybridized carbons (Fsp3) is 0.364. The fourth-order valence-electron chi connectivity index (χ4n) is 3.09. The summed E-state index contributed by atoms with van der Waals surface area (Å²) in [6, 6.07) is 13.7. The molecule has 0 saturated heterocycles. The molecule has 154 valence electrons. The number of benzene rings is 2. The topological polar surface area (TPSA) is 45.7 Å². The minimum Gasteiger partial charge on any atom is -0.492 e. The summed E-state index contributed by atoms with van der Waals surface area (Å²) in [6.45, 7) is 4.06. The molecular formula is C22H27N3O2S2. The van der Waals surface area contributed by atoms with Gasteiger partial charge in [-0.15, -0.1) is 11.8 Å². The Labute approximate surface area is 180 Å². The van der Waals surface area contributed by atoms with E-state index in [1.54, 1.807) is 11.8 Å². The molecule has 0 N–H and O–H groups in total. The van der Waals surface area contributed by atoms with E-state index < -0.39 is 0 Å². The number of carbonyl (C=O) groups excluding carboxylic acids is 1. The number of aromatic nitrogens is 1. The molecular weight excluding hydrogens is 402 g/mol. The van der Waals surface area contributed by atoms with E-state index in [-0.39, 0.29) is 5.91 Å². The van der Waals surface area contributed by atoms with Gasteiger partial charge in [-0.05, 0) is 64.5 Å². The average Bonchev–Trinajstić information content (AvgIpc) is 3.15. The molecule has 0 bridgehead atoms. The average molecular weight is 430 g/mol. The van der Waals surface area contributed by atoms with Crippen LogP contribution >= 0.6 is 23.1 Å².